The van der Waals surface area contributed by atoms with E-state index in [1.165, 1.54) is 0 Å². The summed E-state index contributed by atoms with van der Waals surface area (Å²) < 4.78 is 1.56. The molecule has 0 spiro atoms. The Morgan fingerprint density at radius 1 is 1.09 bits per heavy atom. The SMILES string of the molecule is CNC1(C(=O)Nc2nc(C)nc3c(-c4ccc(Cl)cc4)c(-c4ccccc4Cl)nn23)CNC1. The highest BCUT2D eigenvalue weighted by molar-refractivity contribution is 6.33. The molecular weight excluding hydrogens is 461 g/mol. The Hall–Kier alpha value is -3.04. The molecule has 1 fully saturated rings. The lowest BCUT2D eigenvalue weighted by molar-refractivity contribution is -0.124. The van der Waals surface area contributed by atoms with Gasteiger partial charge in [0.15, 0.2) is 5.65 Å². The first-order valence-corrected chi connectivity index (χ1v) is 11.2. The molecule has 3 heterocycles. The van der Waals surface area contributed by atoms with Crippen molar-refractivity contribution in [3.05, 3.63) is 64.4 Å². The lowest BCUT2D eigenvalue weighted by atomic mass is 9.91. The average Bonchev–Trinajstić information content (AvgIpc) is 3.13. The molecule has 0 aliphatic carbocycles. The van der Waals surface area contributed by atoms with Crippen molar-refractivity contribution >= 4 is 40.7 Å². The van der Waals surface area contributed by atoms with Gasteiger partial charge in [0.05, 0.1) is 10.6 Å². The van der Waals surface area contributed by atoms with Gasteiger partial charge in [-0.1, -0.05) is 53.5 Å². The Morgan fingerprint density at radius 3 is 2.45 bits per heavy atom. The summed E-state index contributed by atoms with van der Waals surface area (Å²) in [4.78, 5) is 22.2. The van der Waals surface area contributed by atoms with Crippen LogP contribution in [-0.2, 0) is 4.79 Å². The highest BCUT2D eigenvalue weighted by Crippen LogP contribution is 2.38. The van der Waals surface area contributed by atoms with Gasteiger partial charge in [0.2, 0.25) is 11.9 Å². The highest BCUT2D eigenvalue weighted by Gasteiger charge is 2.43. The van der Waals surface area contributed by atoms with Gasteiger partial charge in [0.1, 0.15) is 17.1 Å². The molecule has 4 aromatic rings. The van der Waals surface area contributed by atoms with Gasteiger partial charge in [0, 0.05) is 23.7 Å². The number of rotatable bonds is 5. The van der Waals surface area contributed by atoms with Gasteiger partial charge in [-0.05, 0) is 37.7 Å². The maximum atomic E-state index is 13.1. The van der Waals surface area contributed by atoms with Crippen LogP contribution in [0.2, 0.25) is 10.0 Å². The molecule has 0 saturated carbocycles. The fraction of sp³-hybridized carbons (Fsp3) is 0.217. The number of benzene rings is 2. The Balaban J connectivity index is 1.73. The summed E-state index contributed by atoms with van der Waals surface area (Å²) in [5.41, 5.74) is 2.89. The molecule has 5 rings (SSSR count). The third-order valence-electron chi connectivity index (χ3n) is 5.85. The van der Waals surface area contributed by atoms with E-state index in [1.54, 1.807) is 18.5 Å². The number of carbonyl (C=O) groups excluding carboxylic acids is 1. The van der Waals surface area contributed by atoms with Crippen molar-refractivity contribution in [2.24, 2.45) is 0 Å². The summed E-state index contributed by atoms with van der Waals surface area (Å²) in [5.74, 6) is 0.604. The molecule has 8 nitrogen and oxygen atoms in total. The van der Waals surface area contributed by atoms with Gasteiger partial charge in [-0.25, -0.2) is 4.98 Å². The largest absolute Gasteiger partial charge is 0.312 e. The second kappa shape index (κ2) is 8.39. The molecule has 1 amide bonds. The molecule has 10 heteroatoms. The molecule has 0 radical (unpaired) electrons. The zero-order valence-electron chi connectivity index (χ0n) is 18.0. The van der Waals surface area contributed by atoms with E-state index in [4.69, 9.17) is 28.3 Å². The molecule has 168 valence electrons. The molecule has 0 atom stereocenters. The number of aryl methyl sites for hydroxylation is 1. The molecule has 1 saturated heterocycles. The molecule has 1 aliphatic heterocycles. The number of halogens is 2. The Morgan fingerprint density at radius 2 is 1.82 bits per heavy atom. The number of anilines is 1. The number of hydrogen-bond acceptors (Lipinski definition) is 6. The number of carbonyl (C=O) groups is 1. The minimum Gasteiger partial charge on any atom is -0.312 e. The quantitative estimate of drug-likeness (QED) is 0.403. The predicted molar refractivity (Wildman–Crippen MR) is 130 cm³/mol. The van der Waals surface area contributed by atoms with E-state index in [1.807, 2.05) is 48.5 Å². The molecule has 2 aromatic heterocycles. The number of fused-ring (bicyclic) bond motifs is 1. The topological polar surface area (TPSA) is 96.2 Å². The third-order valence-corrected chi connectivity index (χ3v) is 6.43. The van der Waals surface area contributed by atoms with E-state index in [9.17, 15) is 4.79 Å². The van der Waals surface area contributed by atoms with E-state index in [0.29, 0.717) is 40.3 Å². The Bertz CT molecular complexity index is 1360. The lowest BCUT2D eigenvalue weighted by Gasteiger charge is -2.40. The first kappa shape index (κ1) is 21.8. The molecule has 1 aliphatic rings. The van der Waals surface area contributed by atoms with Crippen LogP contribution in [0, 0.1) is 6.92 Å². The van der Waals surface area contributed by atoms with Crippen LogP contribution in [0.15, 0.2) is 48.5 Å². The number of hydrogen-bond donors (Lipinski definition) is 3. The summed E-state index contributed by atoms with van der Waals surface area (Å²) in [6, 6.07) is 14.9. The van der Waals surface area contributed by atoms with Crippen molar-refractivity contribution in [1.29, 1.82) is 0 Å². The van der Waals surface area contributed by atoms with Crippen LogP contribution in [-0.4, -0.2) is 51.2 Å². The third kappa shape index (κ3) is 3.75. The summed E-state index contributed by atoms with van der Waals surface area (Å²) in [7, 11) is 1.77. The van der Waals surface area contributed by atoms with Crippen LogP contribution in [0.4, 0.5) is 5.95 Å². The molecule has 33 heavy (non-hydrogen) atoms. The van der Waals surface area contributed by atoms with Gasteiger partial charge in [-0.2, -0.15) is 14.6 Å². The van der Waals surface area contributed by atoms with Gasteiger partial charge < -0.3 is 10.6 Å². The number of amides is 1. The summed E-state index contributed by atoms with van der Waals surface area (Å²) in [5, 5.41) is 15.2. The first-order chi connectivity index (χ1) is 15.9. The first-order valence-electron chi connectivity index (χ1n) is 10.4. The minimum absolute atomic E-state index is 0.189. The highest BCUT2D eigenvalue weighted by atomic mass is 35.5. The van der Waals surface area contributed by atoms with E-state index >= 15 is 0 Å². The molecule has 0 unspecified atom stereocenters. The van der Waals surface area contributed by atoms with E-state index in [-0.39, 0.29) is 11.9 Å². The predicted octanol–water partition coefficient (Wildman–Crippen LogP) is 3.57. The van der Waals surface area contributed by atoms with Crippen LogP contribution < -0.4 is 16.0 Å². The smallest absolute Gasteiger partial charge is 0.249 e. The fourth-order valence-corrected chi connectivity index (χ4v) is 4.24. The van der Waals surface area contributed by atoms with E-state index in [0.717, 1.165) is 16.7 Å². The van der Waals surface area contributed by atoms with Crippen molar-refractivity contribution < 1.29 is 4.79 Å². The summed E-state index contributed by atoms with van der Waals surface area (Å²) in [6.45, 7) is 2.84. The van der Waals surface area contributed by atoms with Gasteiger partial charge in [-0.15, -0.1) is 0 Å². The maximum Gasteiger partial charge on any atom is 0.249 e. The van der Waals surface area contributed by atoms with E-state index in [2.05, 4.69) is 25.9 Å². The van der Waals surface area contributed by atoms with Crippen LogP contribution >= 0.6 is 23.2 Å². The van der Waals surface area contributed by atoms with Gasteiger partial charge >= 0.3 is 0 Å². The van der Waals surface area contributed by atoms with Gasteiger partial charge in [0.25, 0.3) is 0 Å². The van der Waals surface area contributed by atoms with Crippen molar-refractivity contribution in [3.63, 3.8) is 0 Å². The molecule has 0 bridgehead atoms. The van der Waals surface area contributed by atoms with Crippen molar-refractivity contribution in [3.8, 4) is 22.4 Å². The molecule has 2 aromatic carbocycles. The molecule has 3 N–H and O–H groups in total. The van der Waals surface area contributed by atoms with Crippen molar-refractivity contribution in [1.82, 2.24) is 30.2 Å². The summed E-state index contributed by atoms with van der Waals surface area (Å²) in [6.07, 6.45) is 0. The second-order valence-corrected chi connectivity index (χ2v) is 8.77. The van der Waals surface area contributed by atoms with Crippen LogP contribution in [0.25, 0.3) is 28.0 Å². The zero-order valence-corrected chi connectivity index (χ0v) is 19.5. The van der Waals surface area contributed by atoms with Crippen LogP contribution in [0.3, 0.4) is 0 Å². The second-order valence-electron chi connectivity index (χ2n) is 7.93. The van der Waals surface area contributed by atoms with E-state index < -0.39 is 5.54 Å². The Labute approximate surface area is 200 Å². The maximum absolute atomic E-state index is 13.1. The van der Waals surface area contributed by atoms with Crippen molar-refractivity contribution in [2.45, 2.75) is 12.5 Å². The van der Waals surface area contributed by atoms with Crippen LogP contribution in [0.1, 0.15) is 5.82 Å². The minimum atomic E-state index is -0.692. The number of nitrogens with one attached hydrogen (secondary N) is 3. The summed E-state index contributed by atoms with van der Waals surface area (Å²) >= 11 is 12.7. The van der Waals surface area contributed by atoms with Crippen molar-refractivity contribution in [2.75, 3.05) is 25.5 Å². The molecular formula is C23H21Cl2N7O. The Kier molecular flexibility index (Phi) is 5.54. The number of nitrogens with zero attached hydrogens (tertiary/aromatic N) is 4. The number of aromatic nitrogens is 4. The van der Waals surface area contributed by atoms with Crippen LogP contribution in [0.5, 0.6) is 0 Å². The average molecular weight is 482 g/mol. The lowest BCUT2D eigenvalue weighted by Crippen LogP contribution is -2.72. The standard InChI is InChI=1S/C23H21Cl2N7O/c1-13-28-20-18(14-7-9-15(24)10-8-14)19(16-5-3-4-6-17(16)25)31-32(20)22(29-13)30-21(33)23(26-2)11-27-12-23/h3-10,26-27H,11-12H2,1-2H3,(H,28,29,30,33). The normalized spacial score (nSPS) is 14.8. The zero-order chi connectivity index (χ0) is 23.2. The monoisotopic (exact) mass is 481 g/mol. The number of likely N-dealkylation sites (N-methyl/N-ethyl adjacent to an activating group) is 1. The van der Waals surface area contributed by atoms with Gasteiger partial charge in [-0.3, -0.25) is 10.1 Å². The fourth-order valence-electron chi connectivity index (χ4n) is 3.89.